The topological polar surface area (TPSA) is 123 Å². The third-order valence-electron chi connectivity index (χ3n) is 3.89. The molecule has 0 amide bonds. The van der Waals surface area contributed by atoms with Gasteiger partial charge in [0.25, 0.3) is 0 Å². The van der Waals surface area contributed by atoms with Gasteiger partial charge in [0.05, 0.1) is 12.2 Å². The zero-order chi connectivity index (χ0) is 22.3. The van der Waals surface area contributed by atoms with Crippen molar-refractivity contribution in [3.63, 3.8) is 0 Å². The molecule has 0 aliphatic heterocycles. The number of carboxylic acids is 1. The average molecular weight is 448 g/mol. The van der Waals surface area contributed by atoms with Crippen molar-refractivity contribution in [2.45, 2.75) is 18.5 Å². The fourth-order valence-electron chi connectivity index (χ4n) is 2.50. The molecule has 3 rings (SSSR count). The Morgan fingerprint density at radius 1 is 1.30 bits per heavy atom. The van der Waals surface area contributed by atoms with Crippen LogP contribution >= 0.6 is 0 Å². The Bertz CT molecular complexity index is 1230. The highest BCUT2D eigenvalue weighted by atomic mass is 32.2. The molecule has 9 nitrogen and oxygen atoms in total. The summed E-state index contributed by atoms with van der Waals surface area (Å²) in [7, 11) is -5.97. The molecular formula is C16H12F4N4O5S. The normalized spacial score (nSPS) is 13.2. The van der Waals surface area contributed by atoms with Crippen molar-refractivity contribution in [3.05, 3.63) is 53.6 Å². The first-order valence-corrected chi connectivity index (χ1v) is 9.44. The summed E-state index contributed by atoms with van der Waals surface area (Å²) in [6.07, 6.45) is 2.46. The Labute approximate surface area is 166 Å². The first kappa shape index (κ1) is 21.3. The molecule has 30 heavy (non-hydrogen) atoms. The second kappa shape index (κ2) is 7.44. The van der Waals surface area contributed by atoms with E-state index in [0.29, 0.717) is 0 Å². The van der Waals surface area contributed by atoms with E-state index < -0.39 is 39.2 Å². The molecule has 0 spiro atoms. The van der Waals surface area contributed by atoms with Crippen molar-refractivity contribution < 1.29 is 40.1 Å². The molecule has 0 radical (unpaired) electrons. The van der Waals surface area contributed by atoms with Gasteiger partial charge >= 0.3 is 21.6 Å². The molecule has 3 aromatic rings. The lowest BCUT2D eigenvalue weighted by molar-refractivity contribution is -0.0500. The molecule has 0 saturated heterocycles. The van der Waals surface area contributed by atoms with Crippen LogP contribution in [0.4, 0.5) is 23.4 Å². The number of anilines is 1. The van der Waals surface area contributed by atoms with Crippen LogP contribution in [0.1, 0.15) is 28.9 Å². The summed E-state index contributed by atoms with van der Waals surface area (Å²) in [5.74, 6) is -2.78. The maximum absolute atomic E-state index is 13.7. The molecule has 0 bridgehead atoms. The monoisotopic (exact) mass is 448 g/mol. The lowest BCUT2D eigenvalue weighted by atomic mass is 10.1. The number of carbonyl (C=O) groups is 1. The predicted octanol–water partition coefficient (Wildman–Crippen LogP) is 2.97. The van der Waals surface area contributed by atoms with E-state index >= 15 is 0 Å². The van der Waals surface area contributed by atoms with E-state index in [1.807, 2.05) is 0 Å². The molecule has 2 heterocycles. The number of fused-ring (bicyclic) bond motifs is 1. The number of aromatic carboxylic acids is 1. The number of hydrogen-bond donors (Lipinski definition) is 2. The van der Waals surface area contributed by atoms with Crippen LogP contribution < -0.4 is 9.50 Å². The number of alkyl halides is 3. The molecule has 0 aliphatic carbocycles. The van der Waals surface area contributed by atoms with Crippen LogP contribution in [0, 0.1) is 5.82 Å². The summed E-state index contributed by atoms with van der Waals surface area (Å²) in [5.41, 5.74) is -6.12. The SMILES string of the molecule is CC(Nc1ccn2ncc(C(=O)O)c2n1)c1cc(F)ccc1OS(=O)(=O)C(F)(F)F. The van der Waals surface area contributed by atoms with Crippen molar-refractivity contribution in [1.29, 1.82) is 0 Å². The summed E-state index contributed by atoms with van der Waals surface area (Å²) in [5, 5.41) is 15.7. The molecule has 0 saturated carbocycles. The van der Waals surface area contributed by atoms with Crippen molar-refractivity contribution in [2.75, 3.05) is 5.32 Å². The number of halogens is 4. The van der Waals surface area contributed by atoms with E-state index in [9.17, 15) is 30.8 Å². The maximum Gasteiger partial charge on any atom is 0.534 e. The number of carboxylic acid groups (broad SMARTS) is 1. The fraction of sp³-hybridized carbons (Fsp3) is 0.188. The largest absolute Gasteiger partial charge is 0.534 e. The van der Waals surface area contributed by atoms with Gasteiger partial charge in [-0.15, -0.1) is 0 Å². The summed E-state index contributed by atoms with van der Waals surface area (Å²) < 4.78 is 79.5. The molecular weight excluding hydrogens is 436 g/mol. The van der Waals surface area contributed by atoms with Gasteiger partial charge in [0.1, 0.15) is 22.9 Å². The number of nitrogens with one attached hydrogen (secondary N) is 1. The molecule has 0 aliphatic rings. The summed E-state index contributed by atoms with van der Waals surface area (Å²) in [6, 6.07) is 2.70. The number of nitrogens with zero attached hydrogens (tertiary/aromatic N) is 3. The molecule has 14 heteroatoms. The summed E-state index contributed by atoms with van der Waals surface area (Å²) >= 11 is 0. The number of rotatable bonds is 6. The Morgan fingerprint density at radius 3 is 2.63 bits per heavy atom. The maximum atomic E-state index is 13.7. The predicted molar refractivity (Wildman–Crippen MR) is 94.0 cm³/mol. The van der Waals surface area contributed by atoms with Crippen molar-refractivity contribution in [1.82, 2.24) is 14.6 Å². The summed E-state index contributed by atoms with van der Waals surface area (Å²) in [4.78, 5) is 15.3. The molecule has 1 atom stereocenters. The van der Waals surface area contributed by atoms with Gasteiger partial charge in [-0.2, -0.15) is 26.7 Å². The van der Waals surface area contributed by atoms with Crippen molar-refractivity contribution in [2.24, 2.45) is 0 Å². The quantitative estimate of drug-likeness (QED) is 0.335. The second-order valence-corrected chi connectivity index (χ2v) is 7.51. The summed E-state index contributed by atoms with van der Waals surface area (Å²) in [6.45, 7) is 1.39. The Balaban J connectivity index is 1.95. The van der Waals surface area contributed by atoms with Gasteiger partial charge in [0, 0.05) is 11.8 Å². The van der Waals surface area contributed by atoms with Gasteiger partial charge in [-0.1, -0.05) is 0 Å². The van der Waals surface area contributed by atoms with E-state index in [1.165, 1.54) is 23.7 Å². The van der Waals surface area contributed by atoms with E-state index in [4.69, 9.17) is 5.11 Å². The average Bonchev–Trinajstić information content (AvgIpc) is 3.05. The van der Waals surface area contributed by atoms with Gasteiger partial charge in [0.2, 0.25) is 0 Å². The third kappa shape index (κ3) is 4.12. The first-order valence-electron chi connectivity index (χ1n) is 8.03. The highest BCUT2D eigenvalue weighted by Gasteiger charge is 2.48. The highest BCUT2D eigenvalue weighted by molar-refractivity contribution is 7.88. The highest BCUT2D eigenvalue weighted by Crippen LogP contribution is 2.33. The van der Waals surface area contributed by atoms with Gasteiger partial charge in [-0.25, -0.2) is 18.7 Å². The van der Waals surface area contributed by atoms with Crippen LogP contribution in [0.5, 0.6) is 5.75 Å². The minimum absolute atomic E-state index is 0.0185. The standard InChI is InChI=1S/C16H12F4N4O5S/c1-8(22-13-4-5-24-14(23-13)11(7-21-24)15(25)26)10-6-9(17)2-3-12(10)29-30(27,28)16(18,19)20/h2-8H,1H3,(H,22,23)(H,25,26). The van der Waals surface area contributed by atoms with Crippen LogP contribution in [-0.2, 0) is 10.1 Å². The van der Waals surface area contributed by atoms with Crippen LogP contribution in [-0.4, -0.2) is 39.6 Å². The molecule has 2 N–H and O–H groups in total. The Hall–Kier alpha value is -3.42. The minimum Gasteiger partial charge on any atom is -0.477 e. The van der Waals surface area contributed by atoms with E-state index in [1.54, 1.807) is 0 Å². The van der Waals surface area contributed by atoms with E-state index in [2.05, 4.69) is 19.6 Å². The fourth-order valence-corrected chi connectivity index (χ4v) is 2.98. The Kier molecular flexibility index (Phi) is 5.28. The lowest BCUT2D eigenvalue weighted by Crippen LogP contribution is -2.28. The molecule has 0 fully saturated rings. The smallest absolute Gasteiger partial charge is 0.477 e. The molecule has 2 aromatic heterocycles. The van der Waals surface area contributed by atoms with Gasteiger partial charge in [0.15, 0.2) is 5.65 Å². The van der Waals surface area contributed by atoms with Crippen LogP contribution in [0.15, 0.2) is 36.7 Å². The number of hydrogen-bond acceptors (Lipinski definition) is 7. The van der Waals surface area contributed by atoms with Crippen LogP contribution in [0.2, 0.25) is 0 Å². The van der Waals surface area contributed by atoms with Gasteiger partial charge in [-0.05, 0) is 31.2 Å². The second-order valence-electron chi connectivity index (χ2n) is 5.98. The Morgan fingerprint density at radius 2 is 2.00 bits per heavy atom. The molecule has 160 valence electrons. The van der Waals surface area contributed by atoms with E-state index in [-0.39, 0.29) is 22.6 Å². The number of aromatic nitrogens is 3. The zero-order valence-corrected chi connectivity index (χ0v) is 15.7. The van der Waals surface area contributed by atoms with E-state index in [0.717, 1.165) is 24.4 Å². The zero-order valence-electron chi connectivity index (χ0n) is 14.9. The lowest BCUT2D eigenvalue weighted by Gasteiger charge is -2.19. The number of benzene rings is 1. The molecule has 1 aromatic carbocycles. The van der Waals surface area contributed by atoms with Crippen LogP contribution in [0.25, 0.3) is 5.65 Å². The van der Waals surface area contributed by atoms with Crippen molar-refractivity contribution in [3.8, 4) is 5.75 Å². The van der Waals surface area contributed by atoms with Crippen LogP contribution in [0.3, 0.4) is 0 Å². The minimum atomic E-state index is -5.97. The first-order chi connectivity index (χ1) is 13.9. The van der Waals surface area contributed by atoms with Crippen molar-refractivity contribution >= 4 is 27.6 Å². The third-order valence-corrected chi connectivity index (χ3v) is 4.85. The van der Waals surface area contributed by atoms with Gasteiger partial charge < -0.3 is 14.6 Å². The molecule has 1 unspecified atom stereocenters. The van der Waals surface area contributed by atoms with Gasteiger partial charge in [-0.3, -0.25) is 0 Å².